The Morgan fingerprint density at radius 1 is 1.26 bits per heavy atom. The van der Waals surface area contributed by atoms with E-state index in [1.807, 2.05) is 30.3 Å². The molecule has 0 unspecified atom stereocenters. The zero-order valence-electron chi connectivity index (χ0n) is 12.7. The molecule has 0 atom stereocenters. The van der Waals surface area contributed by atoms with E-state index in [4.69, 9.17) is 4.42 Å². The van der Waals surface area contributed by atoms with Gasteiger partial charge in [-0.3, -0.25) is 0 Å². The third kappa shape index (κ3) is 3.40. The van der Waals surface area contributed by atoms with Gasteiger partial charge in [0.15, 0.2) is 5.13 Å². The first-order valence-corrected chi connectivity index (χ1v) is 9.35. The Hall–Kier alpha value is -1.86. The van der Waals surface area contributed by atoms with Gasteiger partial charge in [-0.25, -0.2) is 4.98 Å². The molecular weight excluding hydrogens is 328 g/mol. The van der Waals surface area contributed by atoms with Gasteiger partial charge in [0.25, 0.3) is 5.22 Å². The molecule has 0 amide bonds. The molecule has 2 aromatic heterocycles. The summed E-state index contributed by atoms with van der Waals surface area (Å²) >= 11 is 3.22. The van der Waals surface area contributed by atoms with E-state index in [9.17, 15) is 0 Å². The van der Waals surface area contributed by atoms with Crippen LogP contribution in [0.2, 0.25) is 0 Å². The van der Waals surface area contributed by atoms with Crippen molar-refractivity contribution in [3.8, 4) is 11.5 Å². The second-order valence-electron chi connectivity index (χ2n) is 5.49. The Balaban J connectivity index is 1.39. The van der Waals surface area contributed by atoms with Gasteiger partial charge < -0.3 is 9.32 Å². The number of benzene rings is 1. The van der Waals surface area contributed by atoms with Gasteiger partial charge in [0.05, 0.1) is 5.69 Å². The summed E-state index contributed by atoms with van der Waals surface area (Å²) in [6.07, 6.45) is 2.56. The first-order chi connectivity index (χ1) is 11.3. The van der Waals surface area contributed by atoms with Gasteiger partial charge in [0.1, 0.15) is 0 Å². The number of hydrogen-bond acceptors (Lipinski definition) is 7. The number of rotatable bonds is 6. The molecule has 0 saturated heterocycles. The highest BCUT2D eigenvalue weighted by Crippen LogP contribution is 2.33. The Bertz CT molecular complexity index is 782. The summed E-state index contributed by atoms with van der Waals surface area (Å²) in [5.41, 5.74) is 2.00. The fourth-order valence-corrected chi connectivity index (χ4v) is 3.87. The summed E-state index contributed by atoms with van der Waals surface area (Å²) in [4.78, 5) is 6.96. The summed E-state index contributed by atoms with van der Waals surface area (Å²) in [6, 6.07) is 10.5. The van der Waals surface area contributed by atoms with Gasteiger partial charge in [-0.05, 0) is 25.0 Å². The summed E-state index contributed by atoms with van der Waals surface area (Å²) in [5, 5.41) is 12.0. The molecule has 1 aromatic carbocycles. The number of anilines is 1. The average molecular weight is 344 g/mol. The summed E-state index contributed by atoms with van der Waals surface area (Å²) in [5.74, 6) is 1.30. The van der Waals surface area contributed by atoms with Gasteiger partial charge in [-0.2, -0.15) is 0 Å². The average Bonchev–Trinajstić information content (AvgIpc) is 3.15. The van der Waals surface area contributed by atoms with E-state index in [2.05, 4.69) is 32.5 Å². The topological polar surface area (TPSA) is 55.1 Å². The molecule has 7 heteroatoms. The number of aromatic nitrogens is 3. The van der Waals surface area contributed by atoms with E-state index >= 15 is 0 Å². The quantitative estimate of drug-likeness (QED) is 0.628. The summed E-state index contributed by atoms with van der Waals surface area (Å²) < 4.78 is 5.70. The van der Waals surface area contributed by atoms with Crippen LogP contribution in [0.4, 0.5) is 5.13 Å². The zero-order chi connectivity index (χ0) is 15.6. The molecule has 0 aliphatic heterocycles. The Morgan fingerprint density at radius 2 is 2.09 bits per heavy atom. The molecule has 4 rings (SSSR count). The van der Waals surface area contributed by atoms with Crippen LogP contribution in [0.5, 0.6) is 0 Å². The van der Waals surface area contributed by atoms with Crippen LogP contribution in [0.1, 0.15) is 18.5 Å². The van der Waals surface area contributed by atoms with Crippen LogP contribution in [-0.2, 0) is 5.75 Å². The van der Waals surface area contributed by atoms with E-state index in [-0.39, 0.29) is 0 Å². The second-order valence-corrected chi connectivity index (χ2v) is 7.25. The molecule has 0 radical (unpaired) electrons. The molecular formula is C16H16N4OS2. The molecule has 0 bridgehead atoms. The molecule has 3 aromatic rings. The van der Waals surface area contributed by atoms with Gasteiger partial charge in [0, 0.05) is 29.8 Å². The maximum Gasteiger partial charge on any atom is 0.277 e. The van der Waals surface area contributed by atoms with Crippen LogP contribution in [0.3, 0.4) is 0 Å². The van der Waals surface area contributed by atoms with E-state index in [0.717, 1.165) is 22.1 Å². The molecule has 1 fully saturated rings. The first-order valence-electron chi connectivity index (χ1n) is 7.48. The summed E-state index contributed by atoms with van der Waals surface area (Å²) in [7, 11) is 2.12. The highest BCUT2D eigenvalue weighted by Gasteiger charge is 2.28. The van der Waals surface area contributed by atoms with Crippen LogP contribution in [-0.4, -0.2) is 28.3 Å². The van der Waals surface area contributed by atoms with Gasteiger partial charge in [0.2, 0.25) is 5.89 Å². The molecule has 23 heavy (non-hydrogen) atoms. The highest BCUT2D eigenvalue weighted by molar-refractivity contribution is 7.98. The minimum absolute atomic E-state index is 0.556. The molecule has 1 aliphatic rings. The van der Waals surface area contributed by atoms with Crippen LogP contribution < -0.4 is 4.90 Å². The van der Waals surface area contributed by atoms with Gasteiger partial charge >= 0.3 is 0 Å². The van der Waals surface area contributed by atoms with Crippen molar-refractivity contribution < 1.29 is 4.42 Å². The van der Waals surface area contributed by atoms with Crippen molar-refractivity contribution in [2.75, 3.05) is 11.9 Å². The second kappa shape index (κ2) is 6.33. The number of hydrogen-bond donors (Lipinski definition) is 0. The number of thioether (sulfide) groups is 1. The van der Waals surface area contributed by atoms with Crippen LogP contribution >= 0.6 is 23.1 Å². The lowest BCUT2D eigenvalue weighted by molar-refractivity contribution is 0.466. The van der Waals surface area contributed by atoms with E-state index in [1.165, 1.54) is 24.6 Å². The standard InChI is InChI=1S/C16H16N4OS2/c1-20(13-7-8-13)15-17-12(9-22-15)10-23-16-19-18-14(21-16)11-5-3-2-4-6-11/h2-6,9,13H,7-8,10H2,1H3. The smallest absolute Gasteiger partial charge is 0.277 e. The van der Waals surface area contributed by atoms with Gasteiger partial charge in [-0.1, -0.05) is 30.0 Å². The number of nitrogens with zero attached hydrogens (tertiary/aromatic N) is 4. The highest BCUT2D eigenvalue weighted by atomic mass is 32.2. The SMILES string of the molecule is CN(c1nc(CSc2nnc(-c3ccccc3)o2)cs1)C1CC1. The molecule has 1 saturated carbocycles. The monoisotopic (exact) mass is 344 g/mol. The van der Waals surface area contributed by atoms with Crippen molar-refractivity contribution in [1.82, 2.24) is 15.2 Å². The largest absolute Gasteiger partial charge is 0.411 e. The minimum Gasteiger partial charge on any atom is -0.411 e. The van der Waals surface area contributed by atoms with Crippen molar-refractivity contribution in [3.05, 3.63) is 41.4 Å². The third-order valence-electron chi connectivity index (χ3n) is 3.71. The molecule has 5 nitrogen and oxygen atoms in total. The van der Waals surface area contributed by atoms with E-state index in [1.54, 1.807) is 11.3 Å². The Labute approximate surface area is 142 Å². The lowest BCUT2D eigenvalue weighted by atomic mass is 10.2. The summed E-state index contributed by atoms with van der Waals surface area (Å²) in [6.45, 7) is 0. The first kappa shape index (κ1) is 14.7. The maximum absolute atomic E-state index is 5.70. The lowest BCUT2D eigenvalue weighted by Crippen LogP contribution is -2.18. The fourth-order valence-electron chi connectivity index (χ4n) is 2.24. The van der Waals surface area contributed by atoms with Crippen LogP contribution in [0.25, 0.3) is 11.5 Å². The fraction of sp³-hybridized carbons (Fsp3) is 0.312. The van der Waals surface area contributed by atoms with Gasteiger partial charge in [-0.15, -0.1) is 21.5 Å². The number of thiazole rings is 1. The predicted octanol–water partition coefficient (Wildman–Crippen LogP) is 4.08. The predicted molar refractivity (Wildman–Crippen MR) is 92.8 cm³/mol. The minimum atomic E-state index is 0.556. The molecule has 0 N–H and O–H groups in total. The lowest BCUT2D eigenvalue weighted by Gasteiger charge is -2.13. The van der Waals surface area contributed by atoms with E-state index in [0.29, 0.717) is 17.2 Å². The Morgan fingerprint density at radius 3 is 2.87 bits per heavy atom. The maximum atomic E-state index is 5.70. The molecule has 1 aliphatic carbocycles. The molecule has 0 spiro atoms. The van der Waals surface area contributed by atoms with Crippen LogP contribution in [0, 0.1) is 0 Å². The molecule has 2 heterocycles. The molecule has 118 valence electrons. The van der Waals surface area contributed by atoms with Crippen molar-refractivity contribution in [2.45, 2.75) is 29.9 Å². The zero-order valence-corrected chi connectivity index (χ0v) is 14.3. The third-order valence-corrected chi connectivity index (χ3v) is 5.54. The van der Waals surface area contributed by atoms with Crippen molar-refractivity contribution in [1.29, 1.82) is 0 Å². The van der Waals surface area contributed by atoms with E-state index < -0.39 is 0 Å². The Kier molecular flexibility index (Phi) is 4.05. The van der Waals surface area contributed by atoms with Crippen molar-refractivity contribution in [3.63, 3.8) is 0 Å². The van der Waals surface area contributed by atoms with Crippen LogP contribution in [0.15, 0.2) is 45.4 Å². The normalized spacial score (nSPS) is 14.1. The van der Waals surface area contributed by atoms with Crippen molar-refractivity contribution in [2.24, 2.45) is 0 Å². The van der Waals surface area contributed by atoms with Crippen molar-refractivity contribution >= 4 is 28.2 Å².